The monoisotopic (exact) mass is 237 g/mol. The first kappa shape index (κ1) is 14.0. The van der Waals surface area contributed by atoms with E-state index in [0.29, 0.717) is 12.6 Å². The number of methoxy groups -OCH3 is 1. The third kappa shape index (κ3) is 5.20. The molecule has 2 unspecified atom stereocenters. The lowest BCUT2D eigenvalue weighted by Gasteiger charge is -2.16. The van der Waals surface area contributed by atoms with Gasteiger partial charge in [-0.15, -0.1) is 0 Å². The minimum atomic E-state index is -0.242. The van der Waals surface area contributed by atoms with E-state index in [1.165, 1.54) is 5.56 Å². The van der Waals surface area contributed by atoms with Gasteiger partial charge in [0.15, 0.2) is 0 Å². The molecule has 0 aliphatic rings. The van der Waals surface area contributed by atoms with Gasteiger partial charge in [0.05, 0.1) is 13.2 Å². The number of ether oxygens (including phenoxy) is 1. The van der Waals surface area contributed by atoms with Gasteiger partial charge < -0.3 is 15.2 Å². The van der Waals surface area contributed by atoms with E-state index in [2.05, 4.69) is 24.4 Å². The van der Waals surface area contributed by atoms with Crippen LogP contribution in [-0.2, 0) is 6.42 Å². The van der Waals surface area contributed by atoms with Crippen molar-refractivity contribution in [1.29, 1.82) is 0 Å². The molecule has 2 atom stereocenters. The molecule has 0 aliphatic carbocycles. The van der Waals surface area contributed by atoms with E-state index < -0.39 is 0 Å². The van der Waals surface area contributed by atoms with Crippen LogP contribution in [0.5, 0.6) is 5.75 Å². The number of benzene rings is 1. The van der Waals surface area contributed by atoms with Crippen molar-refractivity contribution >= 4 is 0 Å². The molecule has 0 aromatic heterocycles. The topological polar surface area (TPSA) is 41.5 Å². The molecule has 96 valence electrons. The van der Waals surface area contributed by atoms with Crippen LogP contribution in [0.15, 0.2) is 24.3 Å². The fourth-order valence-corrected chi connectivity index (χ4v) is 1.67. The lowest BCUT2D eigenvalue weighted by atomic mass is 10.1. The molecule has 2 N–H and O–H groups in total. The van der Waals surface area contributed by atoms with Crippen molar-refractivity contribution in [3.63, 3.8) is 0 Å². The van der Waals surface area contributed by atoms with Crippen molar-refractivity contribution in [1.82, 2.24) is 5.32 Å². The minimum Gasteiger partial charge on any atom is -0.497 e. The molecule has 0 heterocycles. The van der Waals surface area contributed by atoms with E-state index in [1.807, 2.05) is 19.1 Å². The Morgan fingerprint density at radius 1 is 1.29 bits per heavy atom. The highest BCUT2D eigenvalue weighted by Gasteiger charge is 2.06. The quantitative estimate of drug-likeness (QED) is 0.762. The minimum absolute atomic E-state index is 0.242. The zero-order valence-electron chi connectivity index (χ0n) is 10.9. The van der Waals surface area contributed by atoms with Crippen LogP contribution in [-0.4, -0.2) is 30.9 Å². The summed E-state index contributed by atoms with van der Waals surface area (Å²) in [4.78, 5) is 0. The second kappa shape index (κ2) is 7.30. The van der Waals surface area contributed by atoms with Gasteiger partial charge in [-0.3, -0.25) is 0 Å². The fraction of sp³-hybridized carbons (Fsp3) is 0.571. The van der Waals surface area contributed by atoms with Crippen LogP contribution in [0.1, 0.15) is 25.8 Å². The average Bonchev–Trinajstić information content (AvgIpc) is 2.36. The van der Waals surface area contributed by atoms with Gasteiger partial charge in [-0.1, -0.05) is 19.1 Å². The van der Waals surface area contributed by atoms with Gasteiger partial charge in [0.2, 0.25) is 0 Å². The van der Waals surface area contributed by atoms with Gasteiger partial charge in [0.25, 0.3) is 0 Å². The summed E-state index contributed by atoms with van der Waals surface area (Å²) in [5.41, 5.74) is 1.27. The van der Waals surface area contributed by atoms with E-state index in [-0.39, 0.29) is 6.10 Å². The molecule has 0 saturated heterocycles. The van der Waals surface area contributed by atoms with Crippen molar-refractivity contribution < 1.29 is 9.84 Å². The molecular weight excluding hydrogens is 214 g/mol. The Labute approximate surface area is 104 Å². The first-order chi connectivity index (χ1) is 8.15. The molecule has 0 saturated carbocycles. The Balaban J connectivity index is 2.36. The molecule has 3 nitrogen and oxygen atoms in total. The fourth-order valence-electron chi connectivity index (χ4n) is 1.67. The van der Waals surface area contributed by atoms with Crippen molar-refractivity contribution in [2.45, 2.75) is 38.8 Å². The van der Waals surface area contributed by atoms with E-state index in [0.717, 1.165) is 18.6 Å². The Bertz CT molecular complexity index is 311. The van der Waals surface area contributed by atoms with E-state index in [9.17, 15) is 5.11 Å². The van der Waals surface area contributed by atoms with Gasteiger partial charge in [0, 0.05) is 12.6 Å². The zero-order valence-corrected chi connectivity index (χ0v) is 10.9. The van der Waals surface area contributed by atoms with Gasteiger partial charge >= 0.3 is 0 Å². The van der Waals surface area contributed by atoms with Crippen LogP contribution >= 0.6 is 0 Å². The Hall–Kier alpha value is -1.06. The smallest absolute Gasteiger partial charge is 0.118 e. The number of aliphatic hydroxyl groups excluding tert-OH is 1. The van der Waals surface area contributed by atoms with Crippen LogP contribution in [0, 0.1) is 0 Å². The molecule has 17 heavy (non-hydrogen) atoms. The first-order valence-electron chi connectivity index (χ1n) is 6.20. The summed E-state index contributed by atoms with van der Waals surface area (Å²) in [5.74, 6) is 0.885. The maximum atomic E-state index is 9.46. The number of rotatable bonds is 7. The van der Waals surface area contributed by atoms with Crippen molar-refractivity contribution in [2.24, 2.45) is 0 Å². The van der Waals surface area contributed by atoms with Crippen LogP contribution in [0.2, 0.25) is 0 Å². The zero-order chi connectivity index (χ0) is 12.7. The molecule has 0 fully saturated rings. The third-order valence-electron chi connectivity index (χ3n) is 2.87. The van der Waals surface area contributed by atoms with Gasteiger partial charge in [0.1, 0.15) is 5.75 Å². The Morgan fingerprint density at radius 3 is 2.47 bits per heavy atom. The Morgan fingerprint density at radius 2 is 1.94 bits per heavy atom. The molecule has 1 aromatic rings. The van der Waals surface area contributed by atoms with E-state index >= 15 is 0 Å². The molecule has 0 amide bonds. The van der Waals surface area contributed by atoms with Crippen molar-refractivity contribution in [3.8, 4) is 5.75 Å². The maximum Gasteiger partial charge on any atom is 0.118 e. The molecular formula is C14H23NO2. The number of hydrogen-bond donors (Lipinski definition) is 2. The summed E-state index contributed by atoms with van der Waals surface area (Å²) in [6.45, 7) is 4.78. The molecule has 1 aromatic carbocycles. The summed E-state index contributed by atoms with van der Waals surface area (Å²) >= 11 is 0. The highest BCUT2D eigenvalue weighted by Crippen LogP contribution is 2.12. The second-order valence-electron chi connectivity index (χ2n) is 4.42. The molecule has 1 rings (SSSR count). The van der Waals surface area contributed by atoms with Gasteiger partial charge in [-0.25, -0.2) is 0 Å². The predicted molar refractivity (Wildman–Crippen MR) is 70.5 cm³/mol. The molecule has 0 aliphatic heterocycles. The highest BCUT2D eigenvalue weighted by atomic mass is 16.5. The first-order valence-corrected chi connectivity index (χ1v) is 6.20. The largest absolute Gasteiger partial charge is 0.497 e. The summed E-state index contributed by atoms with van der Waals surface area (Å²) < 4.78 is 5.12. The number of hydrogen-bond acceptors (Lipinski definition) is 3. The highest BCUT2D eigenvalue weighted by molar-refractivity contribution is 5.27. The van der Waals surface area contributed by atoms with Crippen LogP contribution in [0.3, 0.4) is 0 Å². The van der Waals surface area contributed by atoms with Crippen molar-refractivity contribution in [3.05, 3.63) is 29.8 Å². The lowest BCUT2D eigenvalue weighted by Crippen LogP contribution is -2.34. The molecule has 0 radical (unpaired) electrons. The van der Waals surface area contributed by atoms with Gasteiger partial charge in [-0.05, 0) is 37.5 Å². The average molecular weight is 237 g/mol. The molecule has 0 spiro atoms. The number of nitrogens with one attached hydrogen (secondary N) is 1. The summed E-state index contributed by atoms with van der Waals surface area (Å²) in [6.07, 6.45) is 1.51. The second-order valence-corrected chi connectivity index (χ2v) is 4.42. The maximum absolute atomic E-state index is 9.46. The van der Waals surface area contributed by atoms with E-state index in [1.54, 1.807) is 7.11 Å². The predicted octanol–water partition coefficient (Wildman–Crippen LogP) is 1.99. The SMILES string of the molecule is CCC(O)CNC(C)Cc1ccc(OC)cc1. The summed E-state index contributed by atoms with van der Waals surface area (Å²) in [7, 11) is 1.67. The lowest BCUT2D eigenvalue weighted by molar-refractivity contribution is 0.163. The van der Waals surface area contributed by atoms with Gasteiger partial charge in [-0.2, -0.15) is 0 Å². The van der Waals surface area contributed by atoms with Crippen LogP contribution in [0.4, 0.5) is 0 Å². The van der Waals surface area contributed by atoms with Crippen LogP contribution < -0.4 is 10.1 Å². The standard InChI is InChI=1S/C14H23NO2/c1-4-13(16)10-15-11(2)9-12-5-7-14(17-3)8-6-12/h5-8,11,13,15-16H,4,9-10H2,1-3H3. The van der Waals surface area contributed by atoms with Crippen LogP contribution in [0.25, 0.3) is 0 Å². The van der Waals surface area contributed by atoms with Crippen molar-refractivity contribution in [2.75, 3.05) is 13.7 Å². The molecule has 3 heteroatoms. The molecule has 0 bridgehead atoms. The third-order valence-corrected chi connectivity index (χ3v) is 2.87. The van der Waals surface area contributed by atoms with E-state index in [4.69, 9.17) is 4.74 Å². The summed E-state index contributed by atoms with van der Waals surface area (Å²) in [5, 5.41) is 12.8. The normalized spacial score (nSPS) is 14.4. The number of aliphatic hydroxyl groups is 1. The summed E-state index contributed by atoms with van der Waals surface area (Å²) in [6, 6.07) is 8.47. The Kier molecular flexibility index (Phi) is 6.01.